The normalized spacial score (nSPS) is 11.0. The third kappa shape index (κ3) is 3.25. The van der Waals surface area contributed by atoms with Crippen molar-refractivity contribution < 1.29 is 13.2 Å². The number of thioether (sulfide) groups is 1. The van der Waals surface area contributed by atoms with Crippen molar-refractivity contribution in [1.82, 2.24) is 19.6 Å². The van der Waals surface area contributed by atoms with E-state index in [4.69, 9.17) is 0 Å². The molecule has 0 saturated carbocycles. The molecule has 0 atom stereocenters. The minimum Gasteiger partial charge on any atom is -0.216 e. The second kappa shape index (κ2) is 5.60. The van der Waals surface area contributed by atoms with Crippen LogP contribution in [0.15, 0.2) is 23.1 Å². The topological polar surface area (TPSA) is 43.1 Å². The van der Waals surface area contributed by atoms with Crippen molar-refractivity contribution in [3.8, 4) is 0 Å². The van der Waals surface area contributed by atoms with Crippen LogP contribution in [0.1, 0.15) is 17.8 Å². The van der Waals surface area contributed by atoms with Crippen molar-refractivity contribution >= 4 is 17.5 Å². The predicted molar refractivity (Wildman–Crippen MR) is 65.9 cm³/mol. The van der Waals surface area contributed by atoms with Gasteiger partial charge in [-0.15, -0.1) is 5.10 Å². The molecule has 0 N–H and O–H groups in total. The second-order valence-corrected chi connectivity index (χ2v) is 4.97. The number of allylic oxidation sites excluding steroid dienone is 1. The van der Waals surface area contributed by atoms with Crippen LogP contribution in [0.3, 0.4) is 0 Å². The van der Waals surface area contributed by atoms with Crippen LogP contribution in [0.2, 0.25) is 0 Å². The quantitative estimate of drug-likeness (QED) is 0.810. The van der Waals surface area contributed by atoms with Crippen LogP contribution in [0, 0.1) is 13.8 Å². The highest BCUT2D eigenvalue weighted by Gasteiger charge is 2.10. The summed E-state index contributed by atoms with van der Waals surface area (Å²) in [4.78, 5) is 8.35. The lowest BCUT2D eigenvalue weighted by atomic mass is 10.4. The maximum Gasteiger partial charge on any atom is 0.301 e. The highest BCUT2D eigenvalue weighted by atomic mass is 32.2. The standard InChI is InChI=1S/C11H11F3N4S/c1-6-5-7(2)18-10(15-6)16-11(17-18)19-4-3-8(12)9(13)14/h5H,3-4H2,1-2H3. The van der Waals surface area contributed by atoms with E-state index >= 15 is 0 Å². The van der Waals surface area contributed by atoms with Gasteiger partial charge in [0.05, 0.1) is 0 Å². The average molecular weight is 288 g/mol. The second-order valence-electron chi connectivity index (χ2n) is 3.91. The van der Waals surface area contributed by atoms with E-state index in [1.54, 1.807) is 4.52 Å². The highest BCUT2D eigenvalue weighted by molar-refractivity contribution is 7.99. The molecule has 0 aliphatic rings. The average Bonchev–Trinajstić information content (AvgIpc) is 2.71. The minimum atomic E-state index is -2.27. The fourth-order valence-electron chi connectivity index (χ4n) is 1.54. The molecule has 0 bridgehead atoms. The number of hydrogen-bond donors (Lipinski definition) is 0. The van der Waals surface area contributed by atoms with Gasteiger partial charge >= 0.3 is 6.08 Å². The van der Waals surface area contributed by atoms with E-state index < -0.39 is 11.9 Å². The van der Waals surface area contributed by atoms with Crippen molar-refractivity contribution in [3.05, 3.63) is 29.4 Å². The lowest BCUT2D eigenvalue weighted by molar-refractivity contribution is 0.373. The molecule has 2 heterocycles. The SMILES string of the molecule is Cc1cc(C)n2nc(SCCC(F)=C(F)F)nc2n1. The van der Waals surface area contributed by atoms with Gasteiger partial charge in [-0.25, -0.2) is 13.9 Å². The van der Waals surface area contributed by atoms with Gasteiger partial charge in [0.25, 0.3) is 5.78 Å². The molecule has 0 radical (unpaired) electrons. The molecule has 2 rings (SSSR count). The van der Waals surface area contributed by atoms with E-state index in [-0.39, 0.29) is 12.2 Å². The van der Waals surface area contributed by atoms with Gasteiger partial charge in [-0.05, 0) is 19.9 Å². The molecule has 19 heavy (non-hydrogen) atoms. The first-order chi connectivity index (χ1) is 8.97. The molecule has 8 heteroatoms. The number of aryl methyl sites for hydroxylation is 2. The summed E-state index contributed by atoms with van der Waals surface area (Å²) >= 11 is 1.12. The van der Waals surface area contributed by atoms with Gasteiger partial charge in [-0.1, -0.05) is 11.8 Å². The lowest BCUT2D eigenvalue weighted by Crippen LogP contribution is -1.97. The van der Waals surface area contributed by atoms with E-state index in [1.807, 2.05) is 19.9 Å². The van der Waals surface area contributed by atoms with Crippen LogP contribution in [-0.4, -0.2) is 25.3 Å². The summed E-state index contributed by atoms with van der Waals surface area (Å²) in [5, 5.41) is 4.57. The van der Waals surface area contributed by atoms with Gasteiger partial charge in [0.15, 0.2) is 5.83 Å². The first-order valence-electron chi connectivity index (χ1n) is 5.51. The summed E-state index contributed by atoms with van der Waals surface area (Å²) in [5.41, 5.74) is 1.70. The van der Waals surface area contributed by atoms with Crippen molar-refractivity contribution in [2.24, 2.45) is 0 Å². The van der Waals surface area contributed by atoms with Gasteiger partial charge in [0.1, 0.15) is 0 Å². The van der Waals surface area contributed by atoms with Crippen molar-refractivity contribution in [2.45, 2.75) is 25.4 Å². The molecule has 0 unspecified atom stereocenters. The molecule has 0 aliphatic carbocycles. The molecule has 4 nitrogen and oxygen atoms in total. The van der Waals surface area contributed by atoms with E-state index in [1.165, 1.54) is 0 Å². The van der Waals surface area contributed by atoms with Crippen LogP contribution in [0.25, 0.3) is 5.78 Å². The van der Waals surface area contributed by atoms with Crippen LogP contribution in [-0.2, 0) is 0 Å². The minimum absolute atomic E-state index is 0.151. The first kappa shape index (κ1) is 13.9. The predicted octanol–water partition coefficient (Wildman–Crippen LogP) is 3.30. The van der Waals surface area contributed by atoms with Crippen LogP contribution in [0.5, 0.6) is 0 Å². The summed E-state index contributed by atoms with van der Waals surface area (Å²) in [6.45, 7) is 3.71. The van der Waals surface area contributed by atoms with Gasteiger partial charge in [-0.3, -0.25) is 0 Å². The van der Waals surface area contributed by atoms with Crippen molar-refractivity contribution in [1.29, 1.82) is 0 Å². The molecule has 0 amide bonds. The Morgan fingerprint density at radius 1 is 1.26 bits per heavy atom. The Bertz CT molecular complexity index is 634. The molecule has 0 fully saturated rings. The molecule has 0 saturated heterocycles. The summed E-state index contributed by atoms with van der Waals surface area (Å²) < 4.78 is 37.9. The number of rotatable bonds is 4. The largest absolute Gasteiger partial charge is 0.301 e. The fourth-order valence-corrected chi connectivity index (χ4v) is 2.28. The molecule has 0 aliphatic heterocycles. The van der Waals surface area contributed by atoms with Gasteiger partial charge in [-0.2, -0.15) is 13.8 Å². The molecular formula is C11H11F3N4S. The van der Waals surface area contributed by atoms with E-state index in [2.05, 4.69) is 15.1 Å². The Hall–Kier alpha value is -1.57. The number of fused-ring (bicyclic) bond motifs is 1. The van der Waals surface area contributed by atoms with E-state index in [0.29, 0.717) is 10.9 Å². The molecule has 2 aromatic heterocycles. The third-order valence-electron chi connectivity index (χ3n) is 2.36. The smallest absolute Gasteiger partial charge is 0.216 e. The van der Waals surface area contributed by atoms with E-state index in [0.717, 1.165) is 23.1 Å². The zero-order chi connectivity index (χ0) is 14.0. The zero-order valence-electron chi connectivity index (χ0n) is 10.3. The Morgan fingerprint density at radius 3 is 2.68 bits per heavy atom. The monoisotopic (exact) mass is 288 g/mol. The van der Waals surface area contributed by atoms with Gasteiger partial charge < -0.3 is 0 Å². The zero-order valence-corrected chi connectivity index (χ0v) is 11.1. The highest BCUT2D eigenvalue weighted by Crippen LogP contribution is 2.20. The number of halogens is 3. The lowest BCUT2D eigenvalue weighted by Gasteiger charge is -1.97. The van der Waals surface area contributed by atoms with E-state index in [9.17, 15) is 13.2 Å². The van der Waals surface area contributed by atoms with Crippen LogP contribution >= 0.6 is 11.8 Å². The van der Waals surface area contributed by atoms with Crippen molar-refractivity contribution in [3.63, 3.8) is 0 Å². The number of aromatic nitrogens is 4. The maximum absolute atomic E-state index is 12.6. The van der Waals surface area contributed by atoms with Crippen LogP contribution < -0.4 is 0 Å². The fraction of sp³-hybridized carbons (Fsp3) is 0.364. The Labute approximate surface area is 111 Å². The Balaban J connectivity index is 2.10. The summed E-state index contributed by atoms with van der Waals surface area (Å²) in [5.74, 6) is -0.785. The Kier molecular flexibility index (Phi) is 4.08. The number of nitrogens with zero attached hydrogens (tertiary/aromatic N) is 4. The molecular weight excluding hydrogens is 277 g/mol. The molecule has 2 aromatic rings. The first-order valence-corrected chi connectivity index (χ1v) is 6.49. The van der Waals surface area contributed by atoms with Gasteiger partial charge in [0.2, 0.25) is 5.16 Å². The molecule has 102 valence electrons. The Morgan fingerprint density at radius 2 is 2.00 bits per heavy atom. The summed E-state index contributed by atoms with van der Waals surface area (Å²) in [6, 6.07) is 1.86. The summed E-state index contributed by atoms with van der Waals surface area (Å²) in [7, 11) is 0. The summed E-state index contributed by atoms with van der Waals surface area (Å²) in [6.07, 6.45) is -2.61. The maximum atomic E-state index is 12.6. The van der Waals surface area contributed by atoms with Gasteiger partial charge in [0, 0.05) is 23.6 Å². The third-order valence-corrected chi connectivity index (χ3v) is 3.20. The molecule has 0 spiro atoms. The number of hydrogen-bond acceptors (Lipinski definition) is 4. The molecule has 0 aromatic carbocycles. The van der Waals surface area contributed by atoms with Crippen molar-refractivity contribution in [2.75, 3.05) is 5.75 Å². The van der Waals surface area contributed by atoms with Crippen LogP contribution in [0.4, 0.5) is 13.2 Å².